The van der Waals surface area contributed by atoms with E-state index in [4.69, 9.17) is 21.4 Å². The van der Waals surface area contributed by atoms with Crippen LogP contribution in [0.15, 0.2) is 48.5 Å². The smallest absolute Gasteiger partial charge is 0.306 e. The molecule has 2 aromatic carbocycles. The number of aryl methyl sites for hydroxylation is 2. The van der Waals surface area contributed by atoms with E-state index in [1.54, 1.807) is 0 Å². The minimum absolute atomic E-state index is 0.154. The minimum Gasteiger partial charge on any atom is -0.493 e. The number of rotatable bonds is 10. The number of halogens is 1. The summed E-state index contributed by atoms with van der Waals surface area (Å²) in [5.41, 5.74) is 2.51. The van der Waals surface area contributed by atoms with Gasteiger partial charge in [0.15, 0.2) is 0 Å². The van der Waals surface area contributed by atoms with Crippen molar-refractivity contribution in [2.45, 2.75) is 38.5 Å². The second-order valence-electron chi connectivity index (χ2n) is 7.74. The minimum atomic E-state index is -0.646. The first-order valence-corrected chi connectivity index (χ1v) is 10.9. The number of piperidine rings is 1. The van der Waals surface area contributed by atoms with Gasteiger partial charge in [-0.15, -0.1) is 0 Å². The molecule has 0 saturated carbocycles. The summed E-state index contributed by atoms with van der Waals surface area (Å²) in [7, 11) is 0. The van der Waals surface area contributed by atoms with E-state index in [2.05, 4.69) is 29.2 Å². The quantitative estimate of drug-likeness (QED) is 0.549. The summed E-state index contributed by atoms with van der Waals surface area (Å²) in [4.78, 5) is 13.4. The van der Waals surface area contributed by atoms with Crippen LogP contribution in [0.1, 0.15) is 36.8 Å². The second kappa shape index (κ2) is 11.2. The molecule has 0 amide bonds. The molecule has 0 atom stereocenters. The van der Waals surface area contributed by atoms with Crippen molar-refractivity contribution in [3.8, 4) is 5.75 Å². The van der Waals surface area contributed by atoms with Crippen molar-refractivity contribution in [2.24, 2.45) is 5.92 Å². The van der Waals surface area contributed by atoms with Gasteiger partial charge in [-0.3, -0.25) is 4.79 Å². The van der Waals surface area contributed by atoms with E-state index in [0.717, 1.165) is 68.9 Å². The predicted molar refractivity (Wildman–Crippen MR) is 117 cm³/mol. The second-order valence-corrected chi connectivity index (χ2v) is 8.18. The summed E-state index contributed by atoms with van der Waals surface area (Å²) in [6.45, 7) is 3.52. The van der Waals surface area contributed by atoms with Gasteiger partial charge >= 0.3 is 5.97 Å². The lowest BCUT2D eigenvalue weighted by Crippen LogP contribution is -2.36. The lowest BCUT2D eigenvalue weighted by atomic mass is 9.97. The molecule has 1 aliphatic heterocycles. The summed E-state index contributed by atoms with van der Waals surface area (Å²) >= 11 is 5.96. The molecule has 0 aliphatic carbocycles. The summed E-state index contributed by atoms with van der Waals surface area (Å²) in [5, 5.41) is 9.84. The van der Waals surface area contributed by atoms with E-state index in [1.165, 1.54) is 11.1 Å². The molecule has 0 radical (unpaired) electrons. The number of para-hydroxylation sites is 1. The van der Waals surface area contributed by atoms with Crippen LogP contribution >= 0.6 is 11.6 Å². The van der Waals surface area contributed by atoms with Gasteiger partial charge in [0.1, 0.15) is 5.75 Å². The van der Waals surface area contributed by atoms with Gasteiger partial charge in [-0.2, -0.15) is 0 Å². The number of carboxylic acids is 1. The van der Waals surface area contributed by atoms with Crippen LogP contribution in [-0.2, 0) is 17.6 Å². The number of likely N-dealkylation sites (tertiary alicyclic amines) is 1. The lowest BCUT2D eigenvalue weighted by molar-refractivity contribution is -0.143. The highest BCUT2D eigenvalue weighted by Gasteiger charge is 2.23. The van der Waals surface area contributed by atoms with Crippen LogP contribution in [0.3, 0.4) is 0 Å². The van der Waals surface area contributed by atoms with E-state index in [9.17, 15) is 4.79 Å². The van der Waals surface area contributed by atoms with Crippen LogP contribution in [0.2, 0.25) is 5.02 Å². The highest BCUT2D eigenvalue weighted by Crippen LogP contribution is 2.21. The largest absolute Gasteiger partial charge is 0.493 e. The van der Waals surface area contributed by atoms with Gasteiger partial charge in [0, 0.05) is 5.02 Å². The van der Waals surface area contributed by atoms with E-state index in [-0.39, 0.29) is 5.92 Å². The zero-order chi connectivity index (χ0) is 20.5. The Bertz CT molecular complexity index is 770. The molecule has 29 heavy (non-hydrogen) atoms. The SMILES string of the molecule is O=C(O)C1CCN(CCCCOc2ccccc2CCc2ccc(Cl)cc2)CC1. The van der Waals surface area contributed by atoms with Crippen molar-refractivity contribution >= 4 is 17.6 Å². The fraction of sp³-hybridized carbons (Fsp3) is 0.458. The monoisotopic (exact) mass is 415 g/mol. The molecule has 0 aromatic heterocycles. The fourth-order valence-corrected chi connectivity index (χ4v) is 3.93. The molecule has 1 heterocycles. The molecule has 0 bridgehead atoms. The molecule has 2 aromatic rings. The summed E-state index contributed by atoms with van der Waals surface area (Å²) in [6, 6.07) is 16.3. The number of carbonyl (C=O) groups is 1. The van der Waals surface area contributed by atoms with Crippen molar-refractivity contribution in [1.29, 1.82) is 0 Å². The molecule has 156 valence electrons. The van der Waals surface area contributed by atoms with E-state index in [0.29, 0.717) is 6.61 Å². The van der Waals surface area contributed by atoms with Crippen LogP contribution in [0, 0.1) is 5.92 Å². The fourth-order valence-electron chi connectivity index (χ4n) is 3.80. The van der Waals surface area contributed by atoms with Crippen LogP contribution in [0.25, 0.3) is 0 Å². The van der Waals surface area contributed by atoms with Gasteiger partial charge in [0.2, 0.25) is 0 Å². The van der Waals surface area contributed by atoms with Gasteiger partial charge in [-0.25, -0.2) is 0 Å². The maximum absolute atomic E-state index is 11.0. The van der Waals surface area contributed by atoms with Crippen molar-refractivity contribution < 1.29 is 14.6 Å². The topological polar surface area (TPSA) is 49.8 Å². The Morgan fingerprint density at radius 3 is 2.48 bits per heavy atom. The summed E-state index contributed by atoms with van der Waals surface area (Å²) < 4.78 is 6.07. The normalized spacial score (nSPS) is 15.3. The number of ether oxygens (including phenoxy) is 1. The molecule has 5 heteroatoms. The first-order valence-electron chi connectivity index (χ1n) is 10.5. The molecule has 1 N–H and O–H groups in total. The average molecular weight is 416 g/mol. The standard InChI is InChI=1S/C24H30ClNO3/c25-22-11-8-19(9-12-22)7-10-20-5-1-2-6-23(20)29-18-4-3-15-26-16-13-21(14-17-26)24(27)28/h1-2,5-6,8-9,11-12,21H,3-4,7,10,13-18H2,(H,27,28). The van der Waals surface area contributed by atoms with Gasteiger partial charge in [-0.1, -0.05) is 41.9 Å². The van der Waals surface area contributed by atoms with Crippen molar-refractivity contribution in [3.05, 3.63) is 64.7 Å². The van der Waals surface area contributed by atoms with Crippen LogP contribution < -0.4 is 4.74 Å². The molecular formula is C24H30ClNO3. The molecule has 1 saturated heterocycles. The Kier molecular flexibility index (Phi) is 8.38. The van der Waals surface area contributed by atoms with E-state index in [1.807, 2.05) is 24.3 Å². The van der Waals surface area contributed by atoms with Crippen molar-refractivity contribution in [3.63, 3.8) is 0 Å². The Hall–Kier alpha value is -2.04. The lowest BCUT2D eigenvalue weighted by Gasteiger charge is -2.29. The predicted octanol–water partition coefficient (Wildman–Crippen LogP) is 5.08. The van der Waals surface area contributed by atoms with Crippen LogP contribution in [0.4, 0.5) is 0 Å². The highest BCUT2D eigenvalue weighted by molar-refractivity contribution is 6.30. The number of benzene rings is 2. The van der Waals surface area contributed by atoms with Gasteiger partial charge in [0.25, 0.3) is 0 Å². The summed E-state index contributed by atoms with van der Waals surface area (Å²) in [6.07, 6.45) is 5.52. The zero-order valence-corrected chi connectivity index (χ0v) is 17.6. The molecule has 1 fully saturated rings. The molecule has 0 spiro atoms. The van der Waals surface area contributed by atoms with E-state index >= 15 is 0 Å². The average Bonchev–Trinajstić information content (AvgIpc) is 2.74. The molecule has 4 nitrogen and oxygen atoms in total. The third-order valence-corrected chi connectivity index (χ3v) is 5.88. The van der Waals surface area contributed by atoms with Crippen LogP contribution in [-0.4, -0.2) is 42.2 Å². The molecule has 3 rings (SSSR count). The third-order valence-electron chi connectivity index (χ3n) is 5.63. The third kappa shape index (κ3) is 7.06. The Morgan fingerprint density at radius 1 is 1.03 bits per heavy atom. The number of unbranched alkanes of at least 4 members (excludes halogenated alkanes) is 1. The number of nitrogens with zero attached hydrogens (tertiary/aromatic N) is 1. The Morgan fingerprint density at radius 2 is 1.76 bits per heavy atom. The summed E-state index contributed by atoms with van der Waals surface area (Å²) in [5.74, 6) is 0.176. The highest BCUT2D eigenvalue weighted by atomic mass is 35.5. The maximum atomic E-state index is 11.0. The van der Waals surface area contributed by atoms with Gasteiger partial charge in [0.05, 0.1) is 12.5 Å². The van der Waals surface area contributed by atoms with Crippen molar-refractivity contribution in [1.82, 2.24) is 4.90 Å². The number of hydrogen-bond acceptors (Lipinski definition) is 3. The van der Waals surface area contributed by atoms with Gasteiger partial charge in [-0.05, 0) is 87.5 Å². The Labute approximate surface area is 178 Å². The van der Waals surface area contributed by atoms with Crippen molar-refractivity contribution in [2.75, 3.05) is 26.2 Å². The first-order chi connectivity index (χ1) is 14.1. The molecule has 1 aliphatic rings. The number of hydrogen-bond donors (Lipinski definition) is 1. The molecule has 0 unspecified atom stereocenters. The van der Waals surface area contributed by atoms with E-state index < -0.39 is 5.97 Å². The molecular weight excluding hydrogens is 386 g/mol. The zero-order valence-electron chi connectivity index (χ0n) is 16.9. The van der Waals surface area contributed by atoms with Gasteiger partial charge < -0.3 is 14.7 Å². The van der Waals surface area contributed by atoms with Crippen LogP contribution in [0.5, 0.6) is 5.75 Å². The first kappa shape index (κ1) is 21.7. The Balaban J connectivity index is 1.36. The number of carboxylic acid groups (broad SMARTS) is 1. The number of aliphatic carboxylic acids is 1. The maximum Gasteiger partial charge on any atom is 0.306 e.